The average molecular weight is 578 g/mol. The van der Waals surface area contributed by atoms with E-state index < -0.39 is 0 Å². The van der Waals surface area contributed by atoms with Gasteiger partial charge in [0.2, 0.25) is 0 Å². The fraction of sp³-hybridized carbons (Fsp3) is 0. The van der Waals surface area contributed by atoms with E-state index in [1.54, 1.807) is 0 Å². The molecule has 0 bridgehead atoms. The van der Waals surface area contributed by atoms with Crippen LogP contribution in [0.25, 0.3) is 60.5 Å². The van der Waals surface area contributed by atoms with Crippen molar-refractivity contribution >= 4 is 61.1 Å². The molecule has 0 aliphatic rings. The molecule has 0 unspecified atom stereocenters. The van der Waals surface area contributed by atoms with Crippen molar-refractivity contribution in [2.45, 2.75) is 0 Å². The van der Waals surface area contributed by atoms with Gasteiger partial charge in [-0.05, 0) is 53.4 Å². The summed E-state index contributed by atoms with van der Waals surface area (Å²) < 4.78 is 8.97. The van der Waals surface area contributed by atoms with Crippen LogP contribution in [0.4, 0.5) is 17.4 Å². The summed E-state index contributed by atoms with van der Waals surface area (Å²) in [5, 5.41) is 4.61. The van der Waals surface area contributed by atoms with Gasteiger partial charge in [-0.3, -0.25) is 4.90 Å². The molecular weight excluding hydrogens is 550 g/mol. The monoisotopic (exact) mass is 577 g/mol. The molecule has 0 saturated carbocycles. The van der Waals surface area contributed by atoms with Crippen LogP contribution in [0.15, 0.2) is 168 Å². The van der Waals surface area contributed by atoms with Crippen molar-refractivity contribution in [1.29, 1.82) is 0 Å². The van der Waals surface area contributed by atoms with Crippen LogP contribution in [-0.2, 0) is 0 Å². The van der Waals surface area contributed by atoms with Gasteiger partial charge in [0.05, 0.1) is 22.4 Å². The number of hydrogen-bond acceptors (Lipinski definition) is 3. The molecule has 0 atom stereocenters. The standard InChI is InChI=1S/C41H27N3O/c1-3-13-28(14-4-1)32-18-9-11-21-36(32)44(41-42-40-33-19-8-7-15-29(33)23-26-39(40)45-41)31-24-25-35-34-20-10-12-22-37(34)43(38(35)27-31)30-16-5-2-6-17-30/h1-27H. The van der Waals surface area contributed by atoms with Crippen LogP contribution in [0, 0.1) is 0 Å². The number of fused-ring (bicyclic) bond motifs is 6. The van der Waals surface area contributed by atoms with Gasteiger partial charge in [-0.1, -0.05) is 121 Å². The molecule has 9 aromatic rings. The SMILES string of the molecule is c1ccc(-c2ccccc2N(c2ccc3c4ccccc4n(-c4ccccc4)c3c2)c2nc3c(ccc4ccccc43)o2)cc1. The molecule has 0 aliphatic heterocycles. The maximum atomic E-state index is 6.63. The van der Waals surface area contributed by atoms with Gasteiger partial charge in [-0.2, -0.15) is 4.98 Å². The molecule has 0 N–H and O–H groups in total. The molecule has 4 nitrogen and oxygen atoms in total. The lowest BCUT2D eigenvalue weighted by atomic mass is 10.0. The lowest BCUT2D eigenvalue weighted by Gasteiger charge is -2.24. The summed E-state index contributed by atoms with van der Waals surface area (Å²) in [7, 11) is 0. The quantitative estimate of drug-likeness (QED) is 0.204. The Labute approximate surface area is 260 Å². The summed E-state index contributed by atoms with van der Waals surface area (Å²) >= 11 is 0. The van der Waals surface area contributed by atoms with E-state index in [0.29, 0.717) is 6.01 Å². The first-order valence-electron chi connectivity index (χ1n) is 15.1. The van der Waals surface area contributed by atoms with E-state index in [2.05, 4.69) is 161 Å². The smallest absolute Gasteiger partial charge is 0.307 e. The molecule has 0 aliphatic carbocycles. The molecule has 0 fully saturated rings. The average Bonchev–Trinajstić information content (AvgIpc) is 3.69. The van der Waals surface area contributed by atoms with Gasteiger partial charge in [0.25, 0.3) is 0 Å². The van der Waals surface area contributed by atoms with Crippen molar-refractivity contribution in [3.63, 3.8) is 0 Å². The fourth-order valence-electron chi connectivity index (χ4n) is 6.58. The van der Waals surface area contributed by atoms with E-state index in [1.807, 2.05) is 12.1 Å². The van der Waals surface area contributed by atoms with Crippen molar-refractivity contribution in [3.8, 4) is 16.8 Å². The largest absolute Gasteiger partial charge is 0.423 e. The van der Waals surface area contributed by atoms with Crippen LogP contribution in [0.5, 0.6) is 0 Å². The van der Waals surface area contributed by atoms with E-state index in [0.717, 1.165) is 55.6 Å². The van der Waals surface area contributed by atoms with Crippen molar-refractivity contribution in [2.75, 3.05) is 4.90 Å². The molecule has 4 heteroatoms. The van der Waals surface area contributed by atoms with E-state index >= 15 is 0 Å². The first kappa shape index (κ1) is 25.4. The van der Waals surface area contributed by atoms with E-state index in [9.17, 15) is 0 Å². The fourth-order valence-corrected chi connectivity index (χ4v) is 6.58. The highest BCUT2D eigenvalue weighted by molar-refractivity contribution is 6.10. The Morgan fingerprint density at radius 3 is 2.09 bits per heavy atom. The Morgan fingerprint density at radius 1 is 0.533 bits per heavy atom. The maximum Gasteiger partial charge on any atom is 0.307 e. The van der Waals surface area contributed by atoms with Crippen molar-refractivity contribution in [3.05, 3.63) is 164 Å². The van der Waals surface area contributed by atoms with Crippen LogP contribution in [0.2, 0.25) is 0 Å². The second-order valence-corrected chi connectivity index (χ2v) is 11.2. The highest BCUT2D eigenvalue weighted by Crippen LogP contribution is 2.44. The van der Waals surface area contributed by atoms with Crippen molar-refractivity contribution in [2.24, 2.45) is 0 Å². The van der Waals surface area contributed by atoms with Crippen molar-refractivity contribution < 1.29 is 4.42 Å². The zero-order valence-electron chi connectivity index (χ0n) is 24.3. The zero-order chi connectivity index (χ0) is 29.7. The second-order valence-electron chi connectivity index (χ2n) is 11.2. The third-order valence-corrected chi connectivity index (χ3v) is 8.62. The van der Waals surface area contributed by atoms with Gasteiger partial charge in [-0.25, -0.2) is 0 Å². The molecule has 9 rings (SSSR count). The number of para-hydroxylation sites is 3. The van der Waals surface area contributed by atoms with E-state index in [1.165, 1.54) is 16.3 Å². The van der Waals surface area contributed by atoms with Gasteiger partial charge in [-0.15, -0.1) is 0 Å². The number of benzene rings is 7. The normalized spacial score (nSPS) is 11.6. The molecular formula is C41H27N3O. The molecule has 0 spiro atoms. The molecule has 2 aromatic heterocycles. The summed E-state index contributed by atoms with van der Waals surface area (Å²) in [6.45, 7) is 0. The number of nitrogens with zero attached hydrogens (tertiary/aromatic N) is 3. The molecule has 0 saturated heterocycles. The van der Waals surface area contributed by atoms with Gasteiger partial charge in [0.15, 0.2) is 5.58 Å². The van der Waals surface area contributed by atoms with Gasteiger partial charge >= 0.3 is 6.01 Å². The summed E-state index contributed by atoms with van der Waals surface area (Å²) in [6.07, 6.45) is 0. The number of oxazole rings is 1. The summed E-state index contributed by atoms with van der Waals surface area (Å²) in [6, 6.07) is 57.7. The topological polar surface area (TPSA) is 34.2 Å². The summed E-state index contributed by atoms with van der Waals surface area (Å²) in [5.41, 5.74) is 9.17. The van der Waals surface area contributed by atoms with Gasteiger partial charge in [0, 0.05) is 27.4 Å². The zero-order valence-corrected chi connectivity index (χ0v) is 24.3. The lowest BCUT2D eigenvalue weighted by Crippen LogP contribution is -2.11. The van der Waals surface area contributed by atoms with Crippen LogP contribution >= 0.6 is 0 Å². The first-order chi connectivity index (χ1) is 22.3. The minimum atomic E-state index is 0.520. The van der Waals surface area contributed by atoms with Gasteiger partial charge < -0.3 is 8.98 Å². The van der Waals surface area contributed by atoms with Crippen LogP contribution in [0.3, 0.4) is 0 Å². The van der Waals surface area contributed by atoms with E-state index in [-0.39, 0.29) is 0 Å². The number of rotatable bonds is 5. The number of hydrogen-bond donors (Lipinski definition) is 0. The second kappa shape index (κ2) is 10.2. The predicted octanol–water partition coefficient (Wildman–Crippen LogP) is 11.2. The molecule has 0 amide bonds. The van der Waals surface area contributed by atoms with Crippen LogP contribution in [-0.4, -0.2) is 9.55 Å². The summed E-state index contributed by atoms with van der Waals surface area (Å²) in [4.78, 5) is 7.34. The summed E-state index contributed by atoms with van der Waals surface area (Å²) in [5.74, 6) is 0. The maximum absolute atomic E-state index is 6.63. The first-order valence-corrected chi connectivity index (χ1v) is 15.1. The Morgan fingerprint density at radius 2 is 1.22 bits per heavy atom. The Balaban J connectivity index is 1.34. The van der Waals surface area contributed by atoms with Crippen LogP contribution in [0.1, 0.15) is 0 Å². The molecule has 45 heavy (non-hydrogen) atoms. The predicted molar refractivity (Wildman–Crippen MR) is 186 cm³/mol. The minimum absolute atomic E-state index is 0.520. The van der Waals surface area contributed by atoms with Crippen LogP contribution < -0.4 is 4.90 Å². The molecule has 7 aromatic carbocycles. The minimum Gasteiger partial charge on any atom is -0.423 e. The lowest BCUT2D eigenvalue weighted by molar-refractivity contribution is 0.608. The highest BCUT2D eigenvalue weighted by Gasteiger charge is 2.24. The molecule has 212 valence electrons. The molecule has 0 radical (unpaired) electrons. The number of anilines is 3. The third kappa shape index (κ3) is 4.11. The van der Waals surface area contributed by atoms with Gasteiger partial charge in [0.1, 0.15) is 5.52 Å². The highest BCUT2D eigenvalue weighted by atomic mass is 16.4. The Bertz CT molecular complexity index is 2490. The van der Waals surface area contributed by atoms with E-state index in [4.69, 9.17) is 9.40 Å². The Kier molecular flexibility index (Phi) is 5.78. The number of aromatic nitrogens is 2. The van der Waals surface area contributed by atoms with Crippen molar-refractivity contribution in [1.82, 2.24) is 9.55 Å². The third-order valence-electron chi connectivity index (χ3n) is 8.62. The molecule has 2 heterocycles. The Hall–Kier alpha value is -6.13.